The van der Waals surface area contributed by atoms with E-state index in [4.69, 9.17) is 0 Å². The predicted octanol–water partition coefficient (Wildman–Crippen LogP) is 5.95. The molecule has 0 saturated heterocycles. The lowest BCUT2D eigenvalue weighted by molar-refractivity contribution is 0.248. The van der Waals surface area contributed by atoms with Crippen molar-refractivity contribution in [1.29, 1.82) is 5.26 Å². The number of thiophene rings is 1. The van der Waals surface area contributed by atoms with Gasteiger partial charge in [0.25, 0.3) is 0 Å². The van der Waals surface area contributed by atoms with Gasteiger partial charge in [0.2, 0.25) is 0 Å². The summed E-state index contributed by atoms with van der Waals surface area (Å²) in [4.78, 5) is 12.5. The molecule has 0 spiro atoms. The minimum absolute atomic E-state index is 0.558. The van der Waals surface area contributed by atoms with Crippen LogP contribution in [-0.4, -0.2) is 21.4 Å². The fourth-order valence-corrected chi connectivity index (χ4v) is 5.57. The Morgan fingerprint density at radius 3 is 2.94 bits per heavy atom. The highest BCUT2D eigenvalue weighted by Crippen LogP contribution is 2.35. The quantitative estimate of drug-likeness (QED) is 0.366. The number of nitrogens with one attached hydrogen (secondary N) is 2. The van der Waals surface area contributed by atoms with Crippen LogP contribution in [0.15, 0.2) is 67.0 Å². The molecule has 1 aliphatic rings. The Labute approximate surface area is 189 Å². The number of nitriles is 1. The van der Waals surface area contributed by atoms with Gasteiger partial charge < -0.3 is 10.3 Å². The summed E-state index contributed by atoms with van der Waals surface area (Å²) in [5.41, 5.74) is 6.33. The van der Waals surface area contributed by atoms with Crippen LogP contribution in [0.4, 0.5) is 11.4 Å². The van der Waals surface area contributed by atoms with E-state index in [1.165, 1.54) is 16.0 Å². The fourth-order valence-electron chi connectivity index (χ4n) is 4.52. The van der Waals surface area contributed by atoms with Gasteiger partial charge >= 0.3 is 0 Å². The molecule has 32 heavy (non-hydrogen) atoms. The maximum absolute atomic E-state index is 9.72. The Morgan fingerprint density at radius 1 is 1.12 bits per heavy atom. The number of aromatic amines is 1. The van der Waals surface area contributed by atoms with E-state index in [0.29, 0.717) is 5.56 Å². The number of H-pyrrole nitrogens is 1. The van der Waals surface area contributed by atoms with Crippen LogP contribution >= 0.6 is 11.3 Å². The van der Waals surface area contributed by atoms with Crippen molar-refractivity contribution in [2.45, 2.75) is 19.5 Å². The van der Waals surface area contributed by atoms with Crippen LogP contribution in [0.3, 0.4) is 0 Å². The smallest absolute Gasteiger partial charge is 0.125 e. The lowest BCUT2D eigenvalue weighted by Crippen LogP contribution is -2.29. The Balaban J connectivity index is 1.32. The van der Waals surface area contributed by atoms with Gasteiger partial charge in [-0.15, -0.1) is 11.3 Å². The first-order valence-electron chi connectivity index (χ1n) is 10.7. The van der Waals surface area contributed by atoms with E-state index in [2.05, 4.69) is 68.7 Å². The van der Waals surface area contributed by atoms with E-state index < -0.39 is 0 Å². The molecule has 0 fully saturated rings. The third-order valence-electron chi connectivity index (χ3n) is 6.15. The highest BCUT2D eigenvalue weighted by atomic mass is 32.1. The molecule has 0 unspecified atom stereocenters. The van der Waals surface area contributed by atoms with Gasteiger partial charge in [-0.1, -0.05) is 24.3 Å². The zero-order chi connectivity index (χ0) is 21.5. The van der Waals surface area contributed by atoms with Crippen LogP contribution in [-0.2, 0) is 19.5 Å². The summed E-state index contributed by atoms with van der Waals surface area (Å²) in [6.07, 6.45) is 4.70. The molecular weight excluding hydrogens is 414 g/mol. The van der Waals surface area contributed by atoms with Gasteiger partial charge in [-0.25, -0.2) is 4.98 Å². The molecule has 3 aromatic heterocycles. The number of fused-ring (bicyclic) bond motifs is 3. The van der Waals surface area contributed by atoms with Crippen LogP contribution in [0.5, 0.6) is 0 Å². The first kappa shape index (κ1) is 19.1. The number of hydrogen-bond acceptors (Lipinski definition) is 5. The Morgan fingerprint density at radius 2 is 2.03 bits per heavy atom. The molecule has 5 aromatic rings. The second-order valence-electron chi connectivity index (χ2n) is 8.22. The Bertz CT molecular complexity index is 1490. The van der Waals surface area contributed by atoms with Gasteiger partial charge in [0.1, 0.15) is 10.9 Å². The number of nitrogens with zero attached hydrogens (tertiary/aromatic N) is 3. The van der Waals surface area contributed by atoms with Crippen molar-refractivity contribution >= 4 is 43.8 Å². The van der Waals surface area contributed by atoms with E-state index in [1.807, 2.05) is 18.3 Å². The molecule has 6 heteroatoms. The van der Waals surface area contributed by atoms with Crippen LogP contribution in [0.2, 0.25) is 0 Å². The third kappa shape index (κ3) is 3.42. The average Bonchev–Trinajstić information content (AvgIpc) is 3.45. The lowest BCUT2D eigenvalue weighted by Gasteiger charge is -2.28. The van der Waals surface area contributed by atoms with Crippen molar-refractivity contribution in [3.05, 3.63) is 88.6 Å². The number of rotatable bonds is 4. The highest BCUT2D eigenvalue weighted by molar-refractivity contribution is 7.18. The number of hydrogen-bond donors (Lipinski definition) is 2. The van der Waals surface area contributed by atoms with Crippen molar-refractivity contribution in [2.24, 2.45) is 0 Å². The molecule has 0 amide bonds. The van der Waals surface area contributed by atoms with Crippen LogP contribution in [0, 0.1) is 11.3 Å². The van der Waals surface area contributed by atoms with Crippen molar-refractivity contribution in [2.75, 3.05) is 11.9 Å². The van der Waals surface area contributed by atoms with Gasteiger partial charge in [0, 0.05) is 58.9 Å². The van der Waals surface area contributed by atoms with Crippen LogP contribution < -0.4 is 5.32 Å². The summed E-state index contributed by atoms with van der Waals surface area (Å²) in [5, 5.41) is 15.4. The molecule has 2 aromatic carbocycles. The fraction of sp³-hybridized carbons (Fsp3) is 0.154. The average molecular weight is 436 g/mol. The standard InChI is InChI=1S/C26H21N5S/c27-13-20-14-29-26-23(25(20)30-21-5-6-24-18(11-21)7-9-28-24)12-22(32-26)16-31-10-8-17-3-1-2-4-19(17)15-31/h1-7,9,11-12,14,28H,8,10,15-16H2,(H,29,30). The molecule has 0 bridgehead atoms. The lowest BCUT2D eigenvalue weighted by atomic mass is 10.00. The second kappa shape index (κ2) is 7.79. The molecule has 4 heterocycles. The second-order valence-corrected chi connectivity index (χ2v) is 9.34. The minimum atomic E-state index is 0.558. The normalized spacial score (nSPS) is 13.8. The molecule has 6 rings (SSSR count). The summed E-state index contributed by atoms with van der Waals surface area (Å²) >= 11 is 1.71. The highest BCUT2D eigenvalue weighted by Gasteiger charge is 2.18. The molecule has 156 valence electrons. The molecule has 0 saturated carbocycles. The number of anilines is 2. The predicted molar refractivity (Wildman–Crippen MR) is 130 cm³/mol. The van der Waals surface area contributed by atoms with E-state index >= 15 is 0 Å². The van der Waals surface area contributed by atoms with Gasteiger partial charge in [0.05, 0.1) is 11.3 Å². The van der Waals surface area contributed by atoms with Gasteiger partial charge in [-0.3, -0.25) is 4.90 Å². The summed E-state index contributed by atoms with van der Waals surface area (Å²) in [6.45, 7) is 2.93. The molecule has 5 nitrogen and oxygen atoms in total. The van der Waals surface area contributed by atoms with Crippen molar-refractivity contribution in [1.82, 2.24) is 14.9 Å². The molecule has 0 aliphatic carbocycles. The van der Waals surface area contributed by atoms with E-state index in [1.54, 1.807) is 17.5 Å². The number of pyridine rings is 1. The van der Waals surface area contributed by atoms with Crippen LogP contribution in [0.1, 0.15) is 21.6 Å². The molecule has 0 radical (unpaired) electrons. The van der Waals surface area contributed by atoms with Gasteiger partial charge in [0.15, 0.2) is 0 Å². The molecule has 0 atom stereocenters. The summed E-state index contributed by atoms with van der Waals surface area (Å²) in [6, 6.07) is 21.5. The third-order valence-corrected chi connectivity index (χ3v) is 7.17. The Kier molecular flexibility index (Phi) is 4.64. The molecule has 1 aliphatic heterocycles. The van der Waals surface area contributed by atoms with Crippen molar-refractivity contribution < 1.29 is 0 Å². The maximum Gasteiger partial charge on any atom is 0.125 e. The first-order chi connectivity index (χ1) is 15.8. The summed E-state index contributed by atoms with van der Waals surface area (Å²) < 4.78 is 0. The SMILES string of the molecule is N#Cc1cnc2sc(CN3CCc4ccccc4C3)cc2c1Nc1ccc2[nH]ccc2c1. The number of benzene rings is 2. The largest absolute Gasteiger partial charge is 0.361 e. The minimum Gasteiger partial charge on any atom is -0.361 e. The van der Waals surface area contributed by atoms with E-state index in [-0.39, 0.29) is 0 Å². The first-order valence-corrected chi connectivity index (χ1v) is 11.5. The Hall–Kier alpha value is -3.66. The van der Waals surface area contributed by atoms with Gasteiger partial charge in [-0.2, -0.15) is 5.26 Å². The van der Waals surface area contributed by atoms with Crippen LogP contribution in [0.25, 0.3) is 21.1 Å². The van der Waals surface area contributed by atoms with E-state index in [0.717, 1.165) is 58.5 Å². The van der Waals surface area contributed by atoms with Crippen molar-refractivity contribution in [3.8, 4) is 6.07 Å². The van der Waals surface area contributed by atoms with Crippen molar-refractivity contribution in [3.63, 3.8) is 0 Å². The summed E-state index contributed by atoms with van der Waals surface area (Å²) in [5.74, 6) is 0. The van der Waals surface area contributed by atoms with Gasteiger partial charge in [-0.05, 0) is 47.9 Å². The zero-order valence-electron chi connectivity index (χ0n) is 17.4. The topological polar surface area (TPSA) is 67.7 Å². The number of aromatic nitrogens is 2. The zero-order valence-corrected chi connectivity index (χ0v) is 18.2. The monoisotopic (exact) mass is 435 g/mol. The summed E-state index contributed by atoms with van der Waals surface area (Å²) in [7, 11) is 0. The van der Waals surface area contributed by atoms with E-state index in [9.17, 15) is 5.26 Å². The molecular formula is C26H21N5S. The maximum atomic E-state index is 9.72. The molecule has 2 N–H and O–H groups in total.